The van der Waals surface area contributed by atoms with Crippen LogP contribution in [0.2, 0.25) is 0 Å². The Bertz CT molecular complexity index is 592. The summed E-state index contributed by atoms with van der Waals surface area (Å²) >= 11 is 0. The van der Waals surface area contributed by atoms with Gasteiger partial charge in [-0.1, -0.05) is 18.2 Å². The van der Waals surface area contributed by atoms with Crippen LogP contribution in [0.1, 0.15) is 17.5 Å². The van der Waals surface area contributed by atoms with Crippen molar-refractivity contribution in [3.63, 3.8) is 0 Å². The van der Waals surface area contributed by atoms with Crippen LogP contribution in [0, 0.1) is 11.3 Å². The van der Waals surface area contributed by atoms with Crippen molar-refractivity contribution in [2.75, 3.05) is 46.4 Å². The number of benzene rings is 1. The van der Waals surface area contributed by atoms with Crippen LogP contribution < -0.4 is 0 Å². The molecule has 5 nitrogen and oxygen atoms in total. The molecule has 1 saturated heterocycles. The van der Waals surface area contributed by atoms with Gasteiger partial charge in [0.15, 0.2) is 0 Å². The first-order valence-corrected chi connectivity index (χ1v) is 7.92. The summed E-state index contributed by atoms with van der Waals surface area (Å²) in [5.41, 5.74) is 1.36. The van der Waals surface area contributed by atoms with Crippen molar-refractivity contribution in [1.82, 2.24) is 9.80 Å². The highest BCUT2D eigenvalue weighted by Crippen LogP contribution is 2.10. The second kappa shape index (κ2) is 9.09. The average Bonchev–Trinajstić information content (AvgIpc) is 2.83. The van der Waals surface area contributed by atoms with E-state index in [1.807, 2.05) is 23.1 Å². The van der Waals surface area contributed by atoms with Crippen LogP contribution in [0.3, 0.4) is 0 Å². The highest BCUT2D eigenvalue weighted by Gasteiger charge is 2.17. The summed E-state index contributed by atoms with van der Waals surface area (Å²) in [4.78, 5) is 16.6. The molecule has 1 fully saturated rings. The summed E-state index contributed by atoms with van der Waals surface area (Å²) in [6, 6.07) is 9.42. The van der Waals surface area contributed by atoms with Gasteiger partial charge < -0.3 is 9.64 Å². The molecule has 0 radical (unpaired) electrons. The average molecular weight is 313 g/mol. The van der Waals surface area contributed by atoms with E-state index in [-0.39, 0.29) is 5.91 Å². The van der Waals surface area contributed by atoms with Crippen molar-refractivity contribution in [3.05, 3.63) is 41.5 Å². The second-order valence-corrected chi connectivity index (χ2v) is 5.55. The summed E-state index contributed by atoms with van der Waals surface area (Å²) in [7, 11) is 1.71. The first-order valence-electron chi connectivity index (χ1n) is 7.92. The van der Waals surface area contributed by atoms with Gasteiger partial charge in [0.25, 0.3) is 0 Å². The van der Waals surface area contributed by atoms with E-state index in [1.54, 1.807) is 25.3 Å². The van der Waals surface area contributed by atoms with Crippen LogP contribution >= 0.6 is 0 Å². The van der Waals surface area contributed by atoms with E-state index in [2.05, 4.69) is 11.0 Å². The third kappa shape index (κ3) is 5.20. The zero-order valence-electron chi connectivity index (χ0n) is 13.6. The van der Waals surface area contributed by atoms with E-state index in [0.29, 0.717) is 5.56 Å². The molecule has 1 heterocycles. The molecule has 1 aliphatic heterocycles. The molecule has 1 aliphatic rings. The van der Waals surface area contributed by atoms with E-state index in [9.17, 15) is 4.79 Å². The fourth-order valence-electron chi connectivity index (χ4n) is 2.65. The Morgan fingerprint density at radius 3 is 2.91 bits per heavy atom. The summed E-state index contributed by atoms with van der Waals surface area (Å²) in [5.74, 6) is 0.00587. The maximum Gasteiger partial charge on any atom is 0.246 e. The van der Waals surface area contributed by atoms with Crippen LogP contribution in [0.15, 0.2) is 30.3 Å². The molecule has 0 N–H and O–H groups in total. The maximum absolute atomic E-state index is 12.4. The minimum atomic E-state index is 0.00587. The van der Waals surface area contributed by atoms with Gasteiger partial charge in [-0.3, -0.25) is 9.69 Å². The van der Waals surface area contributed by atoms with Gasteiger partial charge in [0.1, 0.15) is 0 Å². The number of nitrogens with zero attached hydrogens (tertiary/aromatic N) is 3. The number of nitriles is 1. The monoisotopic (exact) mass is 313 g/mol. The fraction of sp³-hybridized carbons (Fsp3) is 0.444. The summed E-state index contributed by atoms with van der Waals surface area (Å²) < 4.78 is 5.11. The molecule has 0 aromatic heterocycles. The SMILES string of the molecule is COCCN1CCCN(C(=O)/C=C\c2ccccc2C#N)CC1. The molecule has 0 aliphatic carbocycles. The van der Waals surface area contributed by atoms with Gasteiger partial charge >= 0.3 is 0 Å². The van der Waals surface area contributed by atoms with E-state index in [4.69, 9.17) is 10.00 Å². The molecule has 2 rings (SSSR count). The van der Waals surface area contributed by atoms with Gasteiger partial charge in [0.05, 0.1) is 18.2 Å². The van der Waals surface area contributed by atoms with Crippen molar-refractivity contribution in [2.24, 2.45) is 0 Å². The third-order valence-corrected chi connectivity index (χ3v) is 4.00. The summed E-state index contributed by atoms with van der Waals surface area (Å²) in [6.07, 6.45) is 4.27. The van der Waals surface area contributed by atoms with Crippen LogP contribution in [-0.2, 0) is 9.53 Å². The molecule has 0 spiro atoms. The number of hydrogen-bond acceptors (Lipinski definition) is 4. The largest absolute Gasteiger partial charge is 0.383 e. The van der Waals surface area contributed by atoms with Gasteiger partial charge in [-0.2, -0.15) is 5.26 Å². The van der Waals surface area contributed by atoms with E-state index in [0.717, 1.165) is 51.3 Å². The predicted octanol–water partition coefficient (Wildman–Crippen LogP) is 1.75. The van der Waals surface area contributed by atoms with Crippen molar-refractivity contribution in [3.8, 4) is 6.07 Å². The molecule has 23 heavy (non-hydrogen) atoms. The number of rotatable bonds is 5. The highest BCUT2D eigenvalue weighted by atomic mass is 16.5. The van der Waals surface area contributed by atoms with Gasteiger partial charge in [-0.25, -0.2) is 0 Å². The Hall–Kier alpha value is -2.16. The zero-order valence-corrected chi connectivity index (χ0v) is 13.6. The van der Waals surface area contributed by atoms with Gasteiger partial charge in [0.2, 0.25) is 5.91 Å². The number of carbonyl (C=O) groups is 1. The number of hydrogen-bond donors (Lipinski definition) is 0. The topological polar surface area (TPSA) is 56.6 Å². The fourth-order valence-corrected chi connectivity index (χ4v) is 2.65. The lowest BCUT2D eigenvalue weighted by molar-refractivity contribution is -0.125. The van der Waals surface area contributed by atoms with Crippen LogP contribution in [-0.4, -0.2) is 62.1 Å². The maximum atomic E-state index is 12.4. The molecule has 1 amide bonds. The van der Waals surface area contributed by atoms with Crippen LogP contribution in [0.25, 0.3) is 6.08 Å². The third-order valence-electron chi connectivity index (χ3n) is 4.00. The Balaban J connectivity index is 1.93. The lowest BCUT2D eigenvalue weighted by Crippen LogP contribution is -2.35. The molecule has 0 bridgehead atoms. The minimum Gasteiger partial charge on any atom is -0.383 e. The van der Waals surface area contributed by atoms with Gasteiger partial charge in [-0.05, 0) is 30.7 Å². The molecule has 1 aromatic rings. The van der Waals surface area contributed by atoms with Gasteiger partial charge in [0, 0.05) is 39.4 Å². The first-order chi connectivity index (χ1) is 11.2. The normalized spacial score (nSPS) is 16.3. The molecule has 0 atom stereocenters. The first kappa shape index (κ1) is 17.2. The molecule has 0 unspecified atom stereocenters. The van der Waals surface area contributed by atoms with E-state index < -0.39 is 0 Å². The number of amides is 1. The lowest BCUT2D eigenvalue weighted by atomic mass is 10.1. The van der Waals surface area contributed by atoms with Crippen LogP contribution in [0.5, 0.6) is 0 Å². The Morgan fingerprint density at radius 2 is 2.13 bits per heavy atom. The second-order valence-electron chi connectivity index (χ2n) is 5.55. The lowest BCUT2D eigenvalue weighted by Gasteiger charge is -2.20. The molecular formula is C18H23N3O2. The van der Waals surface area contributed by atoms with E-state index in [1.165, 1.54) is 0 Å². The molecule has 0 saturated carbocycles. The number of ether oxygens (including phenoxy) is 1. The van der Waals surface area contributed by atoms with Crippen molar-refractivity contribution >= 4 is 12.0 Å². The Labute approximate surface area is 137 Å². The molecule has 5 heteroatoms. The van der Waals surface area contributed by atoms with Gasteiger partial charge in [-0.15, -0.1) is 0 Å². The smallest absolute Gasteiger partial charge is 0.246 e. The molecule has 1 aromatic carbocycles. The quantitative estimate of drug-likeness (QED) is 0.777. The van der Waals surface area contributed by atoms with Crippen molar-refractivity contribution in [1.29, 1.82) is 5.26 Å². The predicted molar refractivity (Wildman–Crippen MR) is 89.7 cm³/mol. The highest BCUT2D eigenvalue weighted by molar-refractivity contribution is 5.92. The number of carbonyl (C=O) groups excluding carboxylic acids is 1. The number of methoxy groups -OCH3 is 1. The van der Waals surface area contributed by atoms with E-state index >= 15 is 0 Å². The summed E-state index contributed by atoms with van der Waals surface area (Å²) in [5, 5.41) is 9.07. The summed E-state index contributed by atoms with van der Waals surface area (Å²) in [6.45, 7) is 4.99. The zero-order chi connectivity index (χ0) is 16.5. The molecular weight excluding hydrogens is 290 g/mol. The minimum absolute atomic E-state index is 0.00587. The Kier molecular flexibility index (Phi) is 6.79. The Morgan fingerprint density at radius 1 is 1.30 bits per heavy atom. The standard InChI is InChI=1S/C18H23N3O2/c1-23-14-13-20-9-4-10-21(12-11-20)18(22)8-7-16-5-2-3-6-17(16)15-19/h2-3,5-8H,4,9-14H2,1H3/b8-7-. The van der Waals surface area contributed by atoms with Crippen molar-refractivity contribution < 1.29 is 9.53 Å². The van der Waals surface area contributed by atoms with Crippen molar-refractivity contribution in [2.45, 2.75) is 6.42 Å². The molecule has 122 valence electrons. The van der Waals surface area contributed by atoms with Crippen LogP contribution in [0.4, 0.5) is 0 Å².